The predicted octanol–water partition coefficient (Wildman–Crippen LogP) is 3.45. The first-order valence-corrected chi connectivity index (χ1v) is 8.45. The van der Waals surface area contributed by atoms with Crippen LogP contribution in [0, 0.1) is 11.3 Å². The van der Waals surface area contributed by atoms with E-state index in [9.17, 15) is 9.90 Å². The summed E-state index contributed by atoms with van der Waals surface area (Å²) in [6.45, 7) is 6.37. The number of nitrogens with one attached hydrogen (secondary N) is 1. The molecule has 23 heavy (non-hydrogen) atoms. The first-order valence-electron chi connectivity index (χ1n) is 8.45. The molecule has 4 nitrogen and oxygen atoms in total. The van der Waals surface area contributed by atoms with Crippen molar-refractivity contribution in [1.29, 1.82) is 0 Å². The Kier molecular flexibility index (Phi) is 5.69. The highest BCUT2D eigenvalue weighted by atomic mass is 16.5. The number of methoxy groups -OCH3 is 1. The summed E-state index contributed by atoms with van der Waals surface area (Å²) in [5.41, 5.74) is 1.13. The number of aliphatic hydroxyl groups is 1. The molecule has 1 saturated carbocycles. The van der Waals surface area contributed by atoms with Crippen LogP contribution in [0.5, 0.6) is 5.75 Å². The summed E-state index contributed by atoms with van der Waals surface area (Å²) < 4.78 is 5.12. The summed E-state index contributed by atoms with van der Waals surface area (Å²) in [7, 11) is 1.61. The van der Waals surface area contributed by atoms with E-state index in [1.807, 2.05) is 31.2 Å². The van der Waals surface area contributed by atoms with E-state index in [1.165, 1.54) is 0 Å². The van der Waals surface area contributed by atoms with Crippen LogP contribution in [-0.2, 0) is 4.79 Å². The summed E-state index contributed by atoms with van der Waals surface area (Å²) in [5, 5.41) is 13.4. The number of benzene rings is 1. The van der Waals surface area contributed by atoms with E-state index in [4.69, 9.17) is 4.74 Å². The van der Waals surface area contributed by atoms with Gasteiger partial charge in [0, 0.05) is 5.92 Å². The van der Waals surface area contributed by atoms with Gasteiger partial charge in [-0.2, -0.15) is 0 Å². The predicted molar refractivity (Wildman–Crippen MR) is 91.3 cm³/mol. The van der Waals surface area contributed by atoms with Crippen molar-refractivity contribution in [3.05, 3.63) is 29.8 Å². The molecule has 1 fully saturated rings. The van der Waals surface area contributed by atoms with Crippen LogP contribution in [-0.4, -0.2) is 24.2 Å². The zero-order chi connectivity index (χ0) is 17.0. The lowest BCUT2D eigenvalue weighted by atomic mass is 9.73. The minimum Gasteiger partial charge on any atom is -0.497 e. The van der Waals surface area contributed by atoms with Crippen molar-refractivity contribution in [3.8, 4) is 5.75 Å². The third-order valence-corrected chi connectivity index (χ3v) is 5.01. The highest BCUT2D eigenvalue weighted by Gasteiger charge is 2.31. The van der Waals surface area contributed by atoms with Crippen molar-refractivity contribution in [2.24, 2.45) is 11.3 Å². The monoisotopic (exact) mass is 319 g/mol. The lowest BCUT2D eigenvalue weighted by Crippen LogP contribution is -2.42. The molecule has 2 atom stereocenters. The second-order valence-corrected chi connectivity index (χ2v) is 7.45. The van der Waals surface area contributed by atoms with Gasteiger partial charge in [-0.1, -0.05) is 26.0 Å². The van der Waals surface area contributed by atoms with Crippen molar-refractivity contribution < 1.29 is 14.6 Å². The molecule has 1 aliphatic carbocycles. The highest BCUT2D eigenvalue weighted by Crippen LogP contribution is 2.38. The quantitative estimate of drug-likeness (QED) is 0.874. The molecule has 0 saturated heterocycles. The lowest BCUT2D eigenvalue weighted by molar-refractivity contribution is -0.128. The normalized spacial score (nSPS) is 20.6. The number of aliphatic hydroxyl groups excluding tert-OH is 1. The maximum atomic E-state index is 12.4. The smallest absolute Gasteiger partial charge is 0.223 e. The first-order chi connectivity index (χ1) is 10.8. The van der Waals surface area contributed by atoms with Gasteiger partial charge in [0.05, 0.1) is 19.3 Å². The molecule has 0 aromatic heterocycles. The summed E-state index contributed by atoms with van der Waals surface area (Å²) in [4.78, 5) is 12.4. The van der Waals surface area contributed by atoms with E-state index in [0.717, 1.165) is 37.0 Å². The third kappa shape index (κ3) is 4.71. The second-order valence-electron chi connectivity index (χ2n) is 7.45. The van der Waals surface area contributed by atoms with Gasteiger partial charge in [-0.15, -0.1) is 0 Å². The van der Waals surface area contributed by atoms with Gasteiger partial charge < -0.3 is 15.2 Å². The van der Waals surface area contributed by atoms with Crippen LogP contribution < -0.4 is 10.1 Å². The fourth-order valence-electron chi connectivity index (χ4n) is 3.17. The molecular weight excluding hydrogens is 290 g/mol. The minimum absolute atomic E-state index is 0.0700. The maximum absolute atomic E-state index is 12.4. The second kappa shape index (κ2) is 7.35. The van der Waals surface area contributed by atoms with Crippen LogP contribution in [0.1, 0.15) is 58.1 Å². The number of ether oxygens (including phenoxy) is 1. The van der Waals surface area contributed by atoms with Gasteiger partial charge in [-0.3, -0.25) is 4.79 Å². The Hall–Kier alpha value is -1.55. The number of hydrogen-bond acceptors (Lipinski definition) is 3. The Morgan fingerprint density at radius 1 is 1.26 bits per heavy atom. The zero-order valence-electron chi connectivity index (χ0n) is 14.6. The molecule has 0 aliphatic heterocycles. The first kappa shape index (κ1) is 17.8. The molecule has 1 aromatic carbocycles. The molecule has 0 spiro atoms. The topological polar surface area (TPSA) is 58.6 Å². The fourth-order valence-corrected chi connectivity index (χ4v) is 3.17. The van der Waals surface area contributed by atoms with Gasteiger partial charge in [0.1, 0.15) is 5.75 Å². The summed E-state index contributed by atoms with van der Waals surface area (Å²) >= 11 is 0. The van der Waals surface area contributed by atoms with Crippen LogP contribution in [0.2, 0.25) is 0 Å². The Labute approximate surface area is 139 Å². The molecule has 1 amide bonds. The van der Waals surface area contributed by atoms with Crippen LogP contribution in [0.4, 0.5) is 0 Å². The van der Waals surface area contributed by atoms with Crippen molar-refractivity contribution in [2.45, 2.75) is 58.6 Å². The molecule has 4 heteroatoms. The molecular formula is C19H29NO3. The highest BCUT2D eigenvalue weighted by molar-refractivity contribution is 5.79. The number of rotatable bonds is 5. The SMILES string of the molecule is COc1ccc(C(O)C(C)NC(=O)C2CCC(C)(C)CC2)cc1. The van der Waals surface area contributed by atoms with E-state index in [-0.39, 0.29) is 17.9 Å². The molecule has 0 radical (unpaired) electrons. The van der Waals surface area contributed by atoms with Crippen molar-refractivity contribution >= 4 is 5.91 Å². The van der Waals surface area contributed by atoms with Gasteiger partial charge in [0.15, 0.2) is 0 Å². The Bertz CT molecular complexity index is 514. The zero-order valence-corrected chi connectivity index (χ0v) is 14.6. The van der Waals surface area contributed by atoms with E-state index in [2.05, 4.69) is 19.2 Å². The molecule has 0 bridgehead atoms. The fraction of sp³-hybridized carbons (Fsp3) is 0.632. The van der Waals surface area contributed by atoms with Crippen LogP contribution in [0.15, 0.2) is 24.3 Å². The average molecular weight is 319 g/mol. The molecule has 1 aromatic rings. The Morgan fingerprint density at radius 3 is 2.35 bits per heavy atom. The standard InChI is InChI=1S/C19H29NO3/c1-13(17(21)14-5-7-16(23-4)8-6-14)20-18(22)15-9-11-19(2,3)12-10-15/h5-8,13,15,17,21H,9-12H2,1-4H3,(H,20,22). The molecule has 2 N–H and O–H groups in total. The van der Waals surface area contributed by atoms with E-state index in [1.54, 1.807) is 7.11 Å². The molecule has 2 unspecified atom stereocenters. The largest absolute Gasteiger partial charge is 0.497 e. The van der Waals surface area contributed by atoms with E-state index >= 15 is 0 Å². The Balaban J connectivity index is 1.89. The van der Waals surface area contributed by atoms with Crippen LogP contribution in [0.25, 0.3) is 0 Å². The van der Waals surface area contributed by atoms with Gasteiger partial charge in [0.25, 0.3) is 0 Å². The van der Waals surface area contributed by atoms with Gasteiger partial charge in [-0.25, -0.2) is 0 Å². The van der Waals surface area contributed by atoms with Crippen molar-refractivity contribution in [1.82, 2.24) is 5.32 Å². The molecule has 2 rings (SSSR count). The average Bonchev–Trinajstić information content (AvgIpc) is 2.54. The van der Waals surface area contributed by atoms with E-state index in [0.29, 0.717) is 5.41 Å². The number of hydrogen-bond donors (Lipinski definition) is 2. The van der Waals surface area contributed by atoms with Crippen molar-refractivity contribution in [3.63, 3.8) is 0 Å². The Morgan fingerprint density at radius 2 is 1.83 bits per heavy atom. The summed E-state index contributed by atoms with van der Waals surface area (Å²) in [6.07, 6.45) is 3.32. The van der Waals surface area contributed by atoms with Gasteiger partial charge >= 0.3 is 0 Å². The third-order valence-electron chi connectivity index (χ3n) is 5.01. The summed E-state index contributed by atoms with van der Waals surface area (Å²) in [5.74, 6) is 0.900. The molecule has 1 aliphatic rings. The van der Waals surface area contributed by atoms with Gasteiger partial charge in [0.2, 0.25) is 5.91 Å². The number of carbonyl (C=O) groups is 1. The molecule has 128 valence electrons. The number of amides is 1. The maximum Gasteiger partial charge on any atom is 0.223 e. The van der Waals surface area contributed by atoms with Gasteiger partial charge in [-0.05, 0) is 55.7 Å². The number of carbonyl (C=O) groups excluding carboxylic acids is 1. The van der Waals surface area contributed by atoms with Crippen molar-refractivity contribution in [2.75, 3.05) is 7.11 Å². The minimum atomic E-state index is -0.718. The van der Waals surface area contributed by atoms with E-state index < -0.39 is 6.10 Å². The molecule has 0 heterocycles. The van der Waals surface area contributed by atoms with Crippen LogP contribution in [0.3, 0.4) is 0 Å². The lowest BCUT2D eigenvalue weighted by Gasteiger charge is -2.34. The van der Waals surface area contributed by atoms with Crippen LogP contribution >= 0.6 is 0 Å². The summed E-state index contributed by atoms with van der Waals surface area (Å²) in [6, 6.07) is 6.97.